The molecule has 0 unspecified atom stereocenters. The highest BCUT2D eigenvalue weighted by molar-refractivity contribution is 5.93. The van der Waals surface area contributed by atoms with Crippen LogP contribution in [0.4, 0.5) is 0 Å². The van der Waals surface area contributed by atoms with E-state index in [-0.39, 0.29) is 0 Å². The number of hydrogen-bond acceptors (Lipinski definition) is 2. The zero-order valence-corrected chi connectivity index (χ0v) is 13.1. The lowest BCUT2D eigenvalue weighted by Gasteiger charge is -2.05. The van der Waals surface area contributed by atoms with Crippen LogP contribution in [0.25, 0.3) is 0 Å². The molecular formula is C17H26N2. The number of allylic oxidation sites excluding steroid dienone is 6. The highest BCUT2D eigenvalue weighted by atomic mass is 14.7. The van der Waals surface area contributed by atoms with Gasteiger partial charge in [0.1, 0.15) is 0 Å². The first kappa shape index (κ1) is 17.3. The molecule has 0 atom stereocenters. The molecule has 0 radical (unpaired) electrons. The maximum atomic E-state index is 7.71. The quantitative estimate of drug-likeness (QED) is 0.499. The van der Waals surface area contributed by atoms with Crippen LogP contribution in [0.3, 0.4) is 0 Å². The fraction of sp³-hybridized carbons (Fsp3) is 0.412. The van der Waals surface area contributed by atoms with Gasteiger partial charge in [0.2, 0.25) is 0 Å². The summed E-state index contributed by atoms with van der Waals surface area (Å²) in [6.45, 7) is 16.0. The summed E-state index contributed by atoms with van der Waals surface area (Å²) in [6, 6.07) is 0. The topological polar surface area (TPSA) is 36.2 Å². The predicted octanol–water partition coefficient (Wildman–Crippen LogP) is 5.25. The molecule has 0 aromatic heterocycles. The van der Waals surface area contributed by atoms with Crippen molar-refractivity contribution in [2.45, 2.75) is 48.0 Å². The molecule has 0 bridgehead atoms. The van der Waals surface area contributed by atoms with Crippen molar-refractivity contribution in [2.24, 2.45) is 4.99 Å². The second-order valence-electron chi connectivity index (χ2n) is 4.97. The van der Waals surface area contributed by atoms with E-state index in [0.29, 0.717) is 5.71 Å². The van der Waals surface area contributed by atoms with E-state index >= 15 is 0 Å². The van der Waals surface area contributed by atoms with Crippen LogP contribution in [-0.4, -0.2) is 11.4 Å². The van der Waals surface area contributed by atoms with E-state index in [1.807, 2.05) is 53.8 Å². The number of nitrogens with one attached hydrogen (secondary N) is 1. The van der Waals surface area contributed by atoms with Gasteiger partial charge < -0.3 is 5.41 Å². The van der Waals surface area contributed by atoms with Crippen LogP contribution in [-0.2, 0) is 0 Å². The molecular weight excluding hydrogens is 232 g/mol. The summed E-state index contributed by atoms with van der Waals surface area (Å²) < 4.78 is 0. The van der Waals surface area contributed by atoms with Crippen molar-refractivity contribution in [1.29, 1.82) is 5.41 Å². The van der Waals surface area contributed by atoms with Crippen molar-refractivity contribution < 1.29 is 0 Å². The minimum absolute atomic E-state index is 0.647. The average Bonchev–Trinajstić information content (AvgIpc) is 2.32. The van der Waals surface area contributed by atoms with Gasteiger partial charge in [-0.25, -0.2) is 0 Å². The van der Waals surface area contributed by atoms with Gasteiger partial charge in [-0.3, -0.25) is 4.99 Å². The summed E-state index contributed by atoms with van der Waals surface area (Å²) in [5, 5.41) is 7.71. The van der Waals surface area contributed by atoms with Gasteiger partial charge in [-0.15, -0.1) is 0 Å². The molecule has 104 valence electrons. The Morgan fingerprint density at radius 3 is 2.00 bits per heavy atom. The largest absolute Gasteiger partial charge is 0.305 e. The Labute approximate surface area is 117 Å². The molecule has 0 amide bonds. The van der Waals surface area contributed by atoms with Crippen molar-refractivity contribution in [2.75, 3.05) is 0 Å². The second-order valence-corrected chi connectivity index (χ2v) is 4.97. The Morgan fingerprint density at radius 1 is 1.05 bits per heavy atom. The van der Waals surface area contributed by atoms with Crippen LogP contribution in [0.5, 0.6) is 0 Å². The van der Waals surface area contributed by atoms with Crippen LogP contribution in [0.2, 0.25) is 0 Å². The summed E-state index contributed by atoms with van der Waals surface area (Å²) in [4.78, 5) is 4.32. The van der Waals surface area contributed by atoms with E-state index in [1.165, 1.54) is 0 Å². The molecule has 0 saturated heterocycles. The number of rotatable bonds is 6. The second kappa shape index (κ2) is 8.41. The van der Waals surface area contributed by atoms with E-state index < -0.39 is 0 Å². The molecule has 0 fully saturated rings. The Kier molecular flexibility index (Phi) is 7.66. The Balaban J connectivity index is 5.32. The number of hydrogen-bond donors (Lipinski definition) is 1. The molecule has 0 saturated carbocycles. The van der Waals surface area contributed by atoms with E-state index in [0.717, 1.165) is 34.4 Å². The SMILES string of the molecule is C=C(C)C(=C\N=C(C)C)/C=C(C)/C(C)=C/C(=N)CC. The molecule has 0 aromatic carbocycles. The smallest absolute Gasteiger partial charge is 0.0341 e. The summed E-state index contributed by atoms with van der Waals surface area (Å²) in [7, 11) is 0. The molecule has 0 aliphatic carbocycles. The number of nitrogens with zero attached hydrogens (tertiary/aromatic N) is 1. The van der Waals surface area contributed by atoms with Gasteiger partial charge in [0.15, 0.2) is 0 Å². The first-order valence-corrected chi connectivity index (χ1v) is 6.59. The van der Waals surface area contributed by atoms with Crippen LogP contribution in [0.15, 0.2) is 52.2 Å². The molecule has 0 aliphatic heterocycles. The fourth-order valence-electron chi connectivity index (χ4n) is 1.29. The van der Waals surface area contributed by atoms with Gasteiger partial charge in [0.25, 0.3) is 0 Å². The molecule has 0 spiro atoms. The molecule has 0 aliphatic rings. The lowest BCUT2D eigenvalue weighted by atomic mass is 10.0. The standard InChI is InChI=1S/C17H26N2/c1-8-17(18)10-15(7)14(6)9-16(12(2)3)11-19-13(4)5/h9-11,18H,2,8H2,1,3-7H3/b14-9+,15-10+,16-11-,18-17?. The zero-order valence-electron chi connectivity index (χ0n) is 13.1. The number of aliphatic imine (C=N–C) groups is 1. The van der Waals surface area contributed by atoms with Crippen molar-refractivity contribution in [1.82, 2.24) is 0 Å². The third-order valence-corrected chi connectivity index (χ3v) is 2.72. The van der Waals surface area contributed by atoms with Crippen molar-refractivity contribution in [3.63, 3.8) is 0 Å². The molecule has 19 heavy (non-hydrogen) atoms. The van der Waals surface area contributed by atoms with Crippen LogP contribution in [0.1, 0.15) is 48.0 Å². The maximum absolute atomic E-state index is 7.71. The van der Waals surface area contributed by atoms with Crippen LogP contribution < -0.4 is 0 Å². The van der Waals surface area contributed by atoms with Gasteiger partial charge in [-0.2, -0.15) is 0 Å². The normalized spacial score (nSPS) is 13.3. The molecule has 0 heterocycles. The highest BCUT2D eigenvalue weighted by Crippen LogP contribution is 2.16. The van der Waals surface area contributed by atoms with Gasteiger partial charge in [-0.1, -0.05) is 13.5 Å². The molecule has 2 nitrogen and oxygen atoms in total. The van der Waals surface area contributed by atoms with Gasteiger partial charge in [-0.05, 0) is 75.5 Å². The summed E-state index contributed by atoms with van der Waals surface area (Å²) in [5.41, 5.74) is 5.92. The highest BCUT2D eigenvalue weighted by Gasteiger charge is 1.99. The van der Waals surface area contributed by atoms with Crippen LogP contribution in [0, 0.1) is 5.41 Å². The van der Waals surface area contributed by atoms with Crippen molar-refractivity contribution >= 4 is 11.4 Å². The van der Waals surface area contributed by atoms with E-state index in [1.54, 1.807) is 0 Å². The summed E-state index contributed by atoms with van der Waals surface area (Å²) in [5.74, 6) is 0. The van der Waals surface area contributed by atoms with E-state index in [9.17, 15) is 0 Å². The predicted molar refractivity (Wildman–Crippen MR) is 87.2 cm³/mol. The van der Waals surface area contributed by atoms with E-state index in [2.05, 4.69) is 17.6 Å². The molecule has 2 heteroatoms. The molecule has 0 rings (SSSR count). The fourth-order valence-corrected chi connectivity index (χ4v) is 1.29. The van der Waals surface area contributed by atoms with Crippen molar-refractivity contribution in [3.8, 4) is 0 Å². The van der Waals surface area contributed by atoms with Gasteiger partial charge in [0, 0.05) is 17.6 Å². The lowest BCUT2D eigenvalue weighted by molar-refractivity contribution is 1.24. The Morgan fingerprint density at radius 2 is 1.58 bits per heavy atom. The summed E-state index contributed by atoms with van der Waals surface area (Å²) >= 11 is 0. The average molecular weight is 258 g/mol. The minimum Gasteiger partial charge on any atom is -0.305 e. The third-order valence-electron chi connectivity index (χ3n) is 2.72. The maximum Gasteiger partial charge on any atom is 0.0341 e. The first-order valence-electron chi connectivity index (χ1n) is 6.59. The molecule has 0 aromatic rings. The van der Waals surface area contributed by atoms with Gasteiger partial charge in [0.05, 0.1) is 0 Å². The lowest BCUT2D eigenvalue weighted by Crippen LogP contribution is -1.91. The first-order chi connectivity index (χ1) is 8.77. The Hall–Kier alpha value is -1.70. The third kappa shape index (κ3) is 7.35. The monoisotopic (exact) mass is 258 g/mol. The summed E-state index contributed by atoms with van der Waals surface area (Å²) in [6.07, 6.45) is 6.59. The zero-order chi connectivity index (χ0) is 15.0. The Bertz CT molecular complexity index is 467. The molecule has 1 N–H and O–H groups in total. The van der Waals surface area contributed by atoms with E-state index in [4.69, 9.17) is 5.41 Å². The minimum atomic E-state index is 0.647. The van der Waals surface area contributed by atoms with Crippen molar-refractivity contribution in [3.05, 3.63) is 47.2 Å². The van der Waals surface area contributed by atoms with Crippen LogP contribution >= 0.6 is 0 Å². The van der Waals surface area contributed by atoms with Gasteiger partial charge >= 0.3 is 0 Å².